The fourth-order valence-corrected chi connectivity index (χ4v) is 3.53. The second-order valence-electron chi connectivity index (χ2n) is 6.40. The second kappa shape index (κ2) is 8.93. The number of likely N-dealkylation sites (tertiary alicyclic amines) is 1. The van der Waals surface area contributed by atoms with E-state index in [1.165, 1.54) is 12.3 Å². The van der Waals surface area contributed by atoms with Gasteiger partial charge in [0, 0.05) is 23.3 Å². The fourth-order valence-electron chi connectivity index (χ4n) is 3.37. The van der Waals surface area contributed by atoms with Crippen LogP contribution in [0.2, 0.25) is 5.02 Å². The van der Waals surface area contributed by atoms with Crippen LogP contribution in [-0.4, -0.2) is 49.0 Å². The third kappa shape index (κ3) is 4.36. The Kier molecular flexibility index (Phi) is 6.36. The first-order valence-electron chi connectivity index (χ1n) is 8.94. The van der Waals surface area contributed by atoms with Gasteiger partial charge in [0.25, 0.3) is 5.91 Å². The molecular formula is C20H22ClN3O4. The number of ether oxygens (including phenoxy) is 2. The highest BCUT2D eigenvalue weighted by Gasteiger charge is 2.32. The van der Waals surface area contributed by atoms with Gasteiger partial charge in [-0.3, -0.25) is 14.6 Å². The van der Waals surface area contributed by atoms with Crippen molar-refractivity contribution in [3.8, 4) is 11.5 Å². The van der Waals surface area contributed by atoms with Gasteiger partial charge in [-0.25, -0.2) is 0 Å². The van der Waals surface area contributed by atoms with Gasteiger partial charge in [0.15, 0.2) is 0 Å². The van der Waals surface area contributed by atoms with E-state index in [1.54, 1.807) is 25.2 Å². The van der Waals surface area contributed by atoms with Crippen LogP contribution < -0.4 is 14.8 Å². The zero-order chi connectivity index (χ0) is 20.1. The molecule has 1 atom stereocenters. The van der Waals surface area contributed by atoms with Crippen LogP contribution in [0.3, 0.4) is 0 Å². The maximum Gasteiger partial charge on any atom is 0.270 e. The molecule has 1 aromatic heterocycles. The van der Waals surface area contributed by atoms with Crippen LogP contribution in [0, 0.1) is 0 Å². The molecule has 3 rings (SSSR count). The molecule has 1 aliphatic heterocycles. The number of amides is 2. The summed E-state index contributed by atoms with van der Waals surface area (Å²) >= 11 is 5.88. The summed E-state index contributed by atoms with van der Waals surface area (Å²) < 4.78 is 10.8. The first kappa shape index (κ1) is 19.9. The van der Waals surface area contributed by atoms with Crippen molar-refractivity contribution in [2.24, 2.45) is 0 Å². The molecule has 1 N–H and O–H groups in total. The summed E-state index contributed by atoms with van der Waals surface area (Å²) in [6.45, 7) is 0.505. The van der Waals surface area contributed by atoms with Gasteiger partial charge < -0.3 is 19.7 Å². The minimum Gasteiger partial charge on any atom is -0.497 e. The van der Waals surface area contributed by atoms with E-state index in [4.69, 9.17) is 21.1 Å². The molecule has 0 spiro atoms. The van der Waals surface area contributed by atoms with Gasteiger partial charge in [0.05, 0.1) is 26.8 Å². The highest BCUT2D eigenvalue weighted by atomic mass is 35.5. The lowest BCUT2D eigenvalue weighted by atomic mass is 10.0. The number of rotatable bonds is 6. The predicted molar refractivity (Wildman–Crippen MR) is 105 cm³/mol. The minimum absolute atomic E-state index is 0.115. The monoisotopic (exact) mass is 403 g/mol. The third-order valence-corrected chi connectivity index (χ3v) is 4.96. The van der Waals surface area contributed by atoms with Gasteiger partial charge in [-0.15, -0.1) is 0 Å². The van der Waals surface area contributed by atoms with Crippen LogP contribution in [-0.2, 0) is 4.79 Å². The largest absolute Gasteiger partial charge is 0.497 e. The van der Waals surface area contributed by atoms with E-state index in [0.717, 1.165) is 18.4 Å². The molecule has 1 unspecified atom stereocenters. The summed E-state index contributed by atoms with van der Waals surface area (Å²) in [5.41, 5.74) is 1.07. The zero-order valence-corrected chi connectivity index (χ0v) is 16.5. The van der Waals surface area contributed by atoms with Crippen molar-refractivity contribution in [3.63, 3.8) is 0 Å². The predicted octanol–water partition coefficient (Wildman–Crippen LogP) is 2.85. The van der Waals surface area contributed by atoms with Crippen LogP contribution >= 0.6 is 11.6 Å². The molecular weight excluding hydrogens is 382 g/mol. The van der Waals surface area contributed by atoms with Crippen molar-refractivity contribution >= 4 is 23.4 Å². The Hall–Kier alpha value is -2.80. The Bertz CT molecular complexity index is 874. The molecule has 0 saturated carbocycles. The zero-order valence-electron chi connectivity index (χ0n) is 15.8. The van der Waals surface area contributed by atoms with Crippen molar-refractivity contribution in [2.75, 3.05) is 27.3 Å². The Morgan fingerprint density at radius 2 is 2.07 bits per heavy atom. The molecule has 1 fully saturated rings. The number of nitrogens with one attached hydrogen (secondary N) is 1. The molecule has 0 bridgehead atoms. The Labute approximate surface area is 168 Å². The number of nitrogens with zero attached hydrogens (tertiary/aromatic N) is 2. The highest BCUT2D eigenvalue weighted by Crippen LogP contribution is 2.38. The lowest BCUT2D eigenvalue weighted by Gasteiger charge is -2.26. The molecule has 148 valence electrons. The van der Waals surface area contributed by atoms with Gasteiger partial charge in [-0.05, 0) is 43.2 Å². The van der Waals surface area contributed by atoms with E-state index in [0.29, 0.717) is 23.1 Å². The van der Waals surface area contributed by atoms with Crippen LogP contribution in [0.5, 0.6) is 11.5 Å². The minimum atomic E-state index is -0.439. The Balaban J connectivity index is 1.70. The SMILES string of the molecule is COc1ccc(OC)c(C2CCCN2C(=O)CNC(=O)c2cc(Cl)ccn2)c1. The smallest absolute Gasteiger partial charge is 0.270 e. The van der Waals surface area contributed by atoms with E-state index in [-0.39, 0.29) is 24.2 Å². The number of methoxy groups -OCH3 is 2. The molecule has 2 heterocycles. The van der Waals surface area contributed by atoms with E-state index in [2.05, 4.69) is 10.3 Å². The maximum atomic E-state index is 12.8. The molecule has 0 radical (unpaired) electrons. The number of carbonyl (C=O) groups is 2. The number of hydrogen-bond acceptors (Lipinski definition) is 5. The lowest BCUT2D eigenvalue weighted by Crippen LogP contribution is -2.40. The van der Waals surface area contributed by atoms with Gasteiger partial charge in [-0.2, -0.15) is 0 Å². The van der Waals surface area contributed by atoms with E-state index >= 15 is 0 Å². The van der Waals surface area contributed by atoms with Gasteiger partial charge in [0.1, 0.15) is 17.2 Å². The third-order valence-electron chi connectivity index (χ3n) is 4.72. The molecule has 1 aliphatic rings. The Morgan fingerprint density at radius 3 is 2.79 bits per heavy atom. The molecule has 7 nitrogen and oxygen atoms in total. The average Bonchev–Trinajstić information content (AvgIpc) is 3.21. The number of hydrogen-bond donors (Lipinski definition) is 1. The summed E-state index contributed by atoms with van der Waals surface area (Å²) in [5.74, 6) is 0.807. The second-order valence-corrected chi connectivity index (χ2v) is 6.83. The van der Waals surface area contributed by atoms with Crippen molar-refractivity contribution < 1.29 is 19.1 Å². The highest BCUT2D eigenvalue weighted by molar-refractivity contribution is 6.30. The van der Waals surface area contributed by atoms with Gasteiger partial charge in [-0.1, -0.05) is 11.6 Å². The molecule has 0 aliphatic carbocycles. The van der Waals surface area contributed by atoms with Gasteiger partial charge >= 0.3 is 0 Å². The van der Waals surface area contributed by atoms with Gasteiger partial charge in [0.2, 0.25) is 5.91 Å². The van der Waals surface area contributed by atoms with E-state index in [9.17, 15) is 9.59 Å². The molecule has 8 heteroatoms. The molecule has 2 amide bonds. The maximum absolute atomic E-state index is 12.8. The van der Waals surface area contributed by atoms with Crippen LogP contribution in [0.4, 0.5) is 0 Å². The molecule has 2 aromatic rings. The molecule has 1 saturated heterocycles. The van der Waals surface area contributed by atoms with Crippen LogP contribution in [0.25, 0.3) is 0 Å². The lowest BCUT2D eigenvalue weighted by molar-refractivity contribution is -0.131. The van der Waals surface area contributed by atoms with Crippen LogP contribution in [0.1, 0.15) is 34.9 Å². The van der Waals surface area contributed by atoms with E-state index < -0.39 is 5.91 Å². The summed E-state index contributed by atoms with van der Waals surface area (Å²) in [6, 6.07) is 8.47. The summed E-state index contributed by atoms with van der Waals surface area (Å²) in [6.07, 6.45) is 3.14. The number of carbonyl (C=O) groups excluding carboxylic acids is 2. The summed E-state index contributed by atoms with van der Waals surface area (Å²) in [7, 11) is 3.20. The Morgan fingerprint density at radius 1 is 1.25 bits per heavy atom. The summed E-state index contributed by atoms with van der Waals surface area (Å²) in [5, 5.41) is 3.03. The average molecular weight is 404 g/mol. The summed E-state index contributed by atoms with van der Waals surface area (Å²) in [4.78, 5) is 30.7. The first-order valence-corrected chi connectivity index (χ1v) is 9.32. The topological polar surface area (TPSA) is 80.8 Å². The van der Waals surface area contributed by atoms with Crippen LogP contribution in [0.15, 0.2) is 36.5 Å². The van der Waals surface area contributed by atoms with Crippen molar-refractivity contribution in [1.82, 2.24) is 15.2 Å². The molecule has 28 heavy (non-hydrogen) atoms. The normalized spacial score (nSPS) is 16.0. The number of pyridine rings is 1. The number of aromatic nitrogens is 1. The van der Waals surface area contributed by atoms with Crippen molar-refractivity contribution in [2.45, 2.75) is 18.9 Å². The number of benzene rings is 1. The number of halogens is 1. The first-order chi connectivity index (χ1) is 13.5. The fraction of sp³-hybridized carbons (Fsp3) is 0.350. The van der Waals surface area contributed by atoms with Crippen molar-refractivity contribution in [1.29, 1.82) is 0 Å². The molecule has 1 aromatic carbocycles. The quantitative estimate of drug-likeness (QED) is 0.802. The standard InChI is InChI=1S/C20H22ClN3O4/c1-27-14-5-6-18(28-2)15(11-14)17-4-3-9-24(17)19(25)12-23-20(26)16-10-13(21)7-8-22-16/h5-8,10-11,17H,3-4,9,12H2,1-2H3,(H,23,26). The van der Waals surface area contributed by atoms with Crippen molar-refractivity contribution in [3.05, 3.63) is 52.8 Å². The van der Waals surface area contributed by atoms with E-state index in [1.807, 2.05) is 18.2 Å².